The van der Waals surface area contributed by atoms with Crippen molar-refractivity contribution in [2.75, 3.05) is 0 Å². The minimum absolute atomic E-state index is 0.0353. The van der Waals surface area contributed by atoms with Gasteiger partial charge in [-0.1, -0.05) is 23.7 Å². The van der Waals surface area contributed by atoms with Crippen LogP contribution >= 0.6 is 11.6 Å². The van der Waals surface area contributed by atoms with E-state index in [4.69, 9.17) is 16.3 Å². The number of hydrogen-bond acceptors (Lipinski definition) is 2. The fraction of sp³-hybridized carbons (Fsp3) is 0.0714. The maximum atomic E-state index is 13.7. The van der Waals surface area contributed by atoms with E-state index in [2.05, 4.69) is 0 Å². The number of benzene rings is 2. The molecule has 0 N–H and O–H groups in total. The molecule has 4 heteroatoms. The summed E-state index contributed by atoms with van der Waals surface area (Å²) in [6.07, 6.45) is 0. The normalized spacial score (nSPS) is 10.2. The van der Waals surface area contributed by atoms with Gasteiger partial charge in [-0.2, -0.15) is 0 Å². The van der Waals surface area contributed by atoms with Crippen LogP contribution < -0.4 is 4.74 Å². The largest absolute Gasteiger partial charge is 0.453 e. The molecular weight excluding hydrogens is 255 g/mol. The second-order valence-electron chi connectivity index (χ2n) is 3.73. The maximum absolute atomic E-state index is 13.7. The first kappa shape index (κ1) is 12.6. The van der Waals surface area contributed by atoms with E-state index in [0.29, 0.717) is 16.3 Å². The molecule has 0 saturated heterocycles. The molecule has 2 aromatic rings. The van der Waals surface area contributed by atoms with Crippen LogP contribution in [0.1, 0.15) is 17.3 Å². The highest BCUT2D eigenvalue weighted by Crippen LogP contribution is 2.30. The molecule has 18 heavy (non-hydrogen) atoms. The SMILES string of the molecule is CC(=O)c1ccc(Oc2ccccc2Cl)c(F)c1. The van der Waals surface area contributed by atoms with Crippen molar-refractivity contribution in [3.63, 3.8) is 0 Å². The Labute approximate surface area is 109 Å². The molecule has 2 aromatic carbocycles. The minimum atomic E-state index is -0.595. The van der Waals surface area contributed by atoms with E-state index >= 15 is 0 Å². The van der Waals surface area contributed by atoms with Crippen molar-refractivity contribution in [1.82, 2.24) is 0 Å². The third-order valence-corrected chi connectivity index (χ3v) is 2.71. The van der Waals surface area contributed by atoms with E-state index in [0.717, 1.165) is 6.07 Å². The van der Waals surface area contributed by atoms with Crippen molar-refractivity contribution in [3.05, 3.63) is 58.9 Å². The molecule has 92 valence electrons. The molecule has 0 fully saturated rings. The van der Waals surface area contributed by atoms with E-state index in [1.165, 1.54) is 19.1 Å². The van der Waals surface area contributed by atoms with Gasteiger partial charge in [0.1, 0.15) is 5.75 Å². The van der Waals surface area contributed by atoms with Crippen LogP contribution in [0.4, 0.5) is 4.39 Å². The Morgan fingerprint density at radius 3 is 2.50 bits per heavy atom. The van der Waals surface area contributed by atoms with Gasteiger partial charge in [0, 0.05) is 5.56 Å². The zero-order chi connectivity index (χ0) is 13.1. The summed E-state index contributed by atoms with van der Waals surface area (Å²) in [5.41, 5.74) is 0.305. The Bertz CT molecular complexity index is 596. The summed E-state index contributed by atoms with van der Waals surface area (Å²) in [5.74, 6) is -0.387. The number of halogens is 2. The first-order valence-corrected chi connectivity index (χ1v) is 5.68. The highest BCUT2D eigenvalue weighted by Gasteiger charge is 2.09. The zero-order valence-electron chi connectivity index (χ0n) is 9.61. The second-order valence-corrected chi connectivity index (χ2v) is 4.14. The molecule has 0 amide bonds. The summed E-state index contributed by atoms with van der Waals surface area (Å²) < 4.78 is 19.1. The van der Waals surface area contributed by atoms with Crippen LogP contribution in [-0.4, -0.2) is 5.78 Å². The maximum Gasteiger partial charge on any atom is 0.166 e. The predicted octanol–water partition coefficient (Wildman–Crippen LogP) is 4.47. The fourth-order valence-corrected chi connectivity index (χ4v) is 1.62. The highest BCUT2D eigenvalue weighted by molar-refractivity contribution is 6.32. The second kappa shape index (κ2) is 5.19. The van der Waals surface area contributed by atoms with Crippen molar-refractivity contribution < 1.29 is 13.9 Å². The Kier molecular flexibility index (Phi) is 3.63. The van der Waals surface area contributed by atoms with Gasteiger partial charge in [0.05, 0.1) is 5.02 Å². The monoisotopic (exact) mass is 264 g/mol. The quantitative estimate of drug-likeness (QED) is 0.765. The molecule has 0 heterocycles. The molecule has 0 radical (unpaired) electrons. The molecule has 2 rings (SSSR count). The van der Waals surface area contributed by atoms with Crippen molar-refractivity contribution in [2.24, 2.45) is 0 Å². The number of carbonyl (C=O) groups is 1. The Morgan fingerprint density at radius 1 is 1.17 bits per heavy atom. The Morgan fingerprint density at radius 2 is 1.89 bits per heavy atom. The van der Waals surface area contributed by atoms with E-state index < -0.39 is 5.82 Å². The van der Waals surface area contributed by atoms with Gasteiger partial charge in [-0.3, -0.25) is 4.79 Å². The van der Waals surface area contributed by atoms with Crippen molar-refractivity contribution in [3.8, 4) is 11.5 Å². The summed E-state index contributed by atoms with van der Waals surface area (Å²) in [5, 5.41) is 0.396. The lowest BCUT2D eigenvalue weighted by Crippen LogP contribution is -1.95. The third kappa shape index (κ3) is 2.68. The number of Topliss-reactive ketones (excluding diaryl/α,β-unsaturated/α-hetero) is 1. The topological polar surface area (TPSA) is 26.3 Å². The van der Waals surface area contributed by atoms with Crippen LogP contribution in [0.3, 0.4) is 0 Å². The fourth-order valence-electron chi connectivity index (χ4n) is 1.45. The standard InChI is InChI=1S/C14H10ClFO2/c1-9(17)10-6-7-14(12(16)8-10)18-13-5-3-2-4-11(13)15/h2-8H,1H3. The van der Waals surface area contributed by atoms with Crippen molar-refractivity contribution >= 4 is 17.4 Å². The van der Waals surface area contributed by atoms with Gasteiger partial charge in [-0.15, -0.1) is 0 Å². The van der Waals surface area contributed by atoms with E-state index in [1.807, 2.05) is 0 Å². The number of hydrogen-bond donors (Lipinski definition) is 0. The van der Waals surface area contributed by atoms with Gasteiger partial charge in [-0.05, 0) is 37.3 Å². The average Bonchev–Trinajstić information content (AvgIpc) is 2.34. The van der Waals surface area contributed by atoms with Crippen LogP contribution in [-0.2, 0) is 0 Å². The lowest BCUT2D eigenvalue weighted by molar-refractivity contribution is 0.101. The molecule has 0 spiro atoms. The molecule has 0 aliphatic carbocycles. The molecule has 0 bridgehead atoms. The lowest BCUT2D eigenvalue weighted by Gasteiger charge is -2.08. The number of ether oxygens (including phenoxy) is 1. The summed E-state index contributed by atoms with van der Waals surface area (Å²) in [6.45, 7) is 1.38. The first-order chi connectivity index (χ1) is 8.58. The van der Waals surface area contributed by atoms with Gasteiger partial charge < -0.3 is 4.74 Å². The van der Waals surface area contributed by atoms with Gasteiger partial charge in [-0.25, -0.2) is 4.39 Å². The van der Waals surface area contributed by atoms with Gasteiger partial charge in [0.15, 0.2) is 17.3 Å². The van der Waals surface area contributed by atoms with E-state index in [1.54, 1.807) is 24.3 Å². The smallest absolute Gasteiger partial charge is 0.166 e. The van der Waals surface area contributed by atoms with Crippen LogP contribution in [0.25, 0.3) is 0 Å². The van der Waals surface area contributed by atoms with Gasteiger partial charge in [0.2, 0.25) is 0 Å². The summed E-state index contributed by atoms with van der Waals surface area (Å²) in [7, 11) is 0. The van der Waals surface area contributed by atoms with Crippen LogP contribution in [0, 0.1) is 5.82 Å². The highest BCUT2D eigenvalue weighted by atomic mass is 35.5. The summed E-state index contributed by atoms with van der Waals surface area (Å²) in [4.78, 5) is 11.1. The van der Waals surface area contributed by atoms with E-state index in [9.17, 15) is 9.18 Å². The zero-order valence-corrected chi connectivity index (χ0v) is 10.4. The summed E-state index contributed by atoms with van der Waals surface area (Å²) >= 11 is 5.91. The minimum Gasteiger partial charge on any atom is -0.453 e. The molecule has 0 aliphatic heterocycles. The molecule has 0 aliphatic rings. The first-order valence-electron chi connectivity index (χ1n) is 5.31. The van der Waals surface area contributed by atoms with E-state index in [-0.39, 0.29) is 11.5 Å². The molecule has 0 atom stereocenters. The summed E-state index contributed by atoms with van der Waals surface area (Å²) in [6, 6.07) is 10.9. The van der Waals surface area contributed by atoms with Crippen LogP contribution in [0.2, 0.25) is 5.02 Å². The lowest BCUT2D eigenvalue weighted by atomic mass is 10.1. The van der Waals surface area contributed by atoms with Crippen molar-refractivity contribution in [2.45, 2.75) is 6.92 Å². The molecule has 0 aromatic heterocycles. The molecule has 2 nitrogen and oxygen atoms in total. The third-order valence-electron chi connectivity index (χ3n) is 2.39. The number of carbonyl (C=O) groups excluding carboxylic acids is 1. The number of para-hydroxylation sites is 1. The number of rotatable bonds is 3. The van der Waals surface area contributed by atoms with Gasteiger partial charge >= 0.3 is 0 Å². The molecular formula is C14H10ClFO2. The Hall–Kier alpha value is -1.87. The van der Waals surface area contributed by atoms with Gasteiger partial charge in [0.25, 0.3) is 0 Å². The van der Waals surface area contributed by atoms with Crippen molar-refractivity contribution in [1.29, 1.82) is 0 Å². The Balaban J connectivity index is 2.30. The predicted molar refractivity (Wildman–Crippen MR) is 67.9 cm³/mol. The number of ketones is 1. The molecule has 0 unspecified atom stereocenters. The molecule has 0 saturated carbocycles. The van der Waals surface area contributed by atoms with Crippen LogP contribution in [0.5, 0.6) is 11.5 Å². The average molecular weight is 265 g/mol. The van der Waals surface area contributed by atoms with Crippen LogP contribution in [0.15, 0.2) is 42.5 Å².